The molecule has 0 atom stereocenters. The smallest absolute Gasteiger partial charge is 0.262 e. The van der Waals surface area contributed by atoms with Gasteiger partial charge in [-0.1, -0.05) is 53.4 Å². The molecule has 0 fully saturated rings. The number of nitrogens with one attached hydrogen (secondary N) is 1. The second-order valence-electron chi connectivity index (χ2n) is 5.63. The van der Waals surface area contributed by atoms with Gasteiger partial charge in [0.25, 0.3) is 5.91 Å². The minimum atomic E-state index is -0.104. The molecular formula is C20H15NO2S2. The SMILES string of the molecule is Cc1ccc(Sc2ccc(/C=C3\Sc4ccccc4NC3=O)o2)cc1. The van der Waals surface area contributed by atoms with Crippen molar-refractivity contribution in [3.8, 4) is 0 Å². The van der Waals surface area contributed by atoms with Crippen LogP contribution < -0.4 is 5.32 Å². The third kappa shape index (κ3) is 3.67. The van der Waals surface area contributed by atoms with Gasteiger partial charge >= 0.3 is 0 Å². The summed E-state index contributed by atoms with van der Waals surface area (Å²) in [5.41, 5.74) is 2.08. The van der Waals surface area contributed by atoms with Gasteiger partial charge in [0, 0.05) is 15.9 Å². The third-order valence-corrected chi connectivity index (χ3v) is 5.72. The Morgan fingerprint density at radius 1 is 1.04 bits per heavy atom. The highest BCUT2D eigenvalue weighted by Crippen LogP contribution is 2.39. The molecule has 25 heavy (non-hydrogen) atoms. The Kier molecular flexibility index (Phi) is 4.42. The van der Waals surface area contributed by atoms with E-state index in [-0.39, 0.29) is 5.91 Å². The Morgan fingerprint density at radius 2 is 1.84 bits per heavy atom. The van der Waals surface area contributed by atoms with Crippen LogP contribution in [0.5, 0.6) is 0 Å². The summed E-state index contributed by atoms with van der Waals surface area (Å²) < 4.78 is 5.85. The van der Waals surface area contributed by atoms with Crippen LogP contribution in [0.2, 0.25) is 0 Å². The van der Waals surface area contributed by atoms with Gasteiger partial charge in [0.05, 0.1) is 10.6 Å². The molecule has 124 valence electrons. The molecule has 1 N–H and O–H groups in total. The Bertz CT molecular complexity index is 958. The number of aryl methyl sites for hydroxylation is 1. The van der Waals surface area contributed by atoms with Gasteiger partial charge in [-0.05, 0) is 43.3 Å². The van der Waals surface area contributed by atoms with E-state index >= 15 is 0 Å². The lowest BCUT2D eigenvalue weighted by atomic mass is 10.2. The predicted molar refractivity (Wildman–Crippen MR) is 103 cm³/mol. The van der Waals surface area contributed by atoms with E-state index in [1.54, 1.807) is 17.8 Å². The number of furan rings is 1. The Morgan fingerprint density at radius 3 is 2.68 bits per heavy atom. The molecule has 2 aromatic carbocycles. The topological polar surface area (TPSA) is 42.2 Å². The molecule has 0 spiro atoms. The lowest BCUT2D eigenvalue weighted by molar-refractivity contribution is -0.112. The zero-order valence-corrected chi connectivity index (χ0v) is 15.1. The maximum Gasteiger partial charge on any atom is 0.262 e. The highest BCUT2D eigenvalue weighted by atomic mass is 32.2. The lowest BCUT2D eigenvalue weighted by Crippen LogP contribution is -2.16. The molecule has 3 nitrogen and oxygen atoms in total. The van der Waals surface area contributed by atoms with Gasteiger partial charge in [-0.3, -0.25) is 4.79 Å². The van der Waals surface area contributed by atoms with Crippen LogP contribution in [0.1, 0.15) is 11.3 Å². The van der Waals surface area contributed by atoms with Crippen LogP contribution in [0, 0.1) is 6.92 Å². The second kappa shape index (κ2) is 6.86. The quantitative estimate of drug-likeness (QED) is 0.594. The van der Waals surface area contributed by atoms with Crippen LogP contribution in [-0.4, -0.2) is 5.91 Å². The van der Waals surface area contributed by atoms with E-state index in [0.717, 1.165) is 20.6 Å². The van der Waals surface area contributed by atoms with Crippen LogP contribution in [-0.2, 0) is 4.79 Å². The van der Waals surface area contributed by atoms with Gasteiger partial charge in [0.1, 0.15) is 5.76 Å². The van der Waals surface area contributed by atoms with Crippen molar-refractivity contribution in [1.29, 1.82) is 0 Å². The molecule has 4 rings (SSSR count). The maximum absolute atomic E-state index is 12.2. The van der Waals surface area contributed by atoms with Gasteiger partial charge in [0.15, 0.2) is 5.09 Å². The number of fused-ring (bicyclic) bond motifs is 1. The van der Waals surface area contributed by atoms with Gasteiger partial charge in [0.2, 0.25) is 0 Å². The molecule has 1 aliphatic rings. The largest absolute Gasteiger partial charge is 0.450 e. The van der Waals surface area contributed by atoms with E-state index in [4.69, 9.17) is 4.42 Å². The average Bonchev–Trinajstić information content (AvgIpc) is 3.05. The van der Waals surface area contributed by atoms with Crippen LogP contribution in [0.4, 0.5) is 5.69 Å². The summed E-state index contributed by atoms with van der Waals surface area (Å²) in [4.78, 5) is 15.0. The molecule has 0 saturated heterocycles. The molecule has 2 heterocycles. The Labute approximate surface area is 154 Å². The minimum Gasteiger partial charge on any atom is -0.450 e. The first-order valence-corrected chi connectivity index (χ1v) is 9.45. The van der Waals surface area contributed by atoms with Crippen molar-refractivity contribution < 1.29 is 9.21 Å². The highest BCUT2D eigenvalue weighted by Gasteiger charge is 2.21. The molecule has 1 amide bonds. The number of rotatable bonds is 3. The van der Waals surface area contributed by atoms with E-state index in [9.17, 15) is 4.79 Å². The molecule has 3 aromatic rings. The fourth-order valence-electron chi connectivity index (χ4n) is 2.42. The van der Waals surface area contributed by atoms with Crippen molar-refractivity contribution >= 4 is 41.2 Å². The molecule has 0 unspecified atom stereocenters. The molecule has 1 aromatic heterocycles. The summed E-state index contributed by atoms with van der Waals surface area (Å²) in [6.45, 7) is 2.07. The fraction of sp³-hybridized carbons (Fsp3) is 0.0500. The standard InChI is InChI=1S/C20H15NO2S2/c1-13-6-9-15(10-7-13)24-19-11-8-14(23-19)12-18-20(22)21-16-4-2-3-5-17(16)25-18/h2-12H,1H3,(H,21,22)/b18-12-. The Hall–Kier alpha value is -2.37. The molecule has 0 aliphatic carbocycles. The van der Waals surface area contributed by atoms with Gasteiger partial charge < -0.3 is 9.73 Å². The van der Waals surface area contributed by atoms with Crippen molar-refractivity contribution in [3.05, 3.63) is 76.9 Å². The number of anilines is 1. The molecule has 1 aliphatic heterocycles. The molecular weight excluding hydrogens is 350 g/mol. The summed E-state index contributed by atoms with van der Waals surface area (Å²) in [6.07, 6.45) is 1.79. The van der Waals surface area contributed by atoms with Gasteiger partial charge in [-0.15, -0.1) is 0 Å². The van der Waals surface area contributed by atoms with Crippen molar-refractivity contribution in [2.24, 2.45) is 0 Å². The Balaban J connectivity index is 1.53. The maximum atomic E-state index is 12.2. The summed E-state index contributed by atoms with van der Waals surface area (Å²) in [7, 11) is 0. The van der Waals surface area contributed by atoms with Crippen LogP contribution in [0.15, 0.2) is 84.9 Å². The number of thioether (sulfide) groups is 1. The fourth-order valence-corrected chi connectivity index (χ4v) is 4.13. The number of hydrogen-bond acceptors (Lipinski definition) is 4. The predicted octanol–water partition coefficient (Wildman–Crippen LogP) is 5.82. The first kappa shape index (κ1) is 16.1. The van der Waals surface area contributed by atoms with E-state index in [1.807, 2.05) is 36.4 Å². The number of amides is 1. The normalized spacial score (nSPS) is 15.1. The summed E-state index contributed by atoms with van der Waals surface area (Å²) >= 11 is 3.02. The first-order chi connectivity index (χ1) is 12.2. The monoisotopic (exact) mass is 365 g/mol. The molecule has 0 saturated carbocycles. The number of hydrogen-bond donors (Lipinski definition) is 1. The van der Waals surface area contributed by atoms with E-state index in [2.05, 4.69) is 36.5 Å². The molecule has 0 bridgehead atoms. The zero-order chi connectivity index (χ0) is 17.2. The van der Waals surface area contributed by atoms with Gasteiger partial charge in [-0.2, -0.15) is 0 Å². The molecule has 5 heteroatoms. The van der Waals surface area contributed by atoms with E-state index < -0.39 is 0 Å². The highest BCUT2D eigenvalue weighted by molar-refractivity contribution is 8.04. The number of para-hydroxylation sites is 1. The molecule has 0 radical (unpaired) electrons. The summed E-state index contributed by atoms with van der Waals surface area (Å²) in [6, 6.07) is 19.9. The van der Waals surface area contributed by atoms with Crippen molar-refractivity contribution in [1.82, 2.24) is 0 Å². The second-order valence-corrected chi connectivity index (χ2v) is 7.79. The number of carbonyl (C=O) groups is 1. The first-order valence-electron chi connectivity index (χ1n) is 7.82. The lowest BCUT2D eigenvalue weighted by Gasteiger charge is -2.17. The van der Waals surface area contributed by atoms with Crippen molar-refractivity contribution in [2.45, 2.75) is 21.8 Å². The van der Waals surface area contributed by atoms with E-state index in [1.165, 1.54) is 17.3 Å². The summed E-state index contributed by atoms with van der Waals surface area (Å²) in [5.74, 6) is 0.569. The summed E-state index contributed by atoms with van der Waals surface area (Å²) in [5, 5.41) is 3.71. The average molecular weight is 365 g/mol. The van der Waals surface area contributed by atoms with Crippen LogP contribution in [0.25, 0.3) is 6.08 Å². The van der Waals surface area contributed by atoms with Crippen molar-refractivity contribution in [2.75, 3.05) is 5.32 Å². The number of carbonyl (C=O) groups excluding carboxylic acids is 1. The third-order valence-electron chi connectivity index (χ3n) is 3.69. The van der Waals surface area contributed by atoms with Crippen LogP contribution in [0.3, 0.4) is 0 Å². The van der Waals surface area contributed by atoms with Crippen molar-refractivity contribution in [3.63, 3.8) is 0 Å². The van der Waals surface area contributed by atoms with E-state index in [0.29, 0.717) is 10.7 Å². The van der Waals surface area contributed by atoms with Gasteiger partial charge in [-0.25, -0.2) is 0 Å². The van der Waals surface area contributed by atoms with Crippen LogP contribution >= 0.6 is 23.5 Å². The minimum absolute atomic E-state index is 0.104. The zero-order valence-electron chi connectivity index (χ0n) is 13.5. The number of benzene rings is 2.